The van der Waals surface area contributed by atoms with Gasteiger partial charge in [0.25, 0.3) is 0 Å². The van der Waals surface area contributed by atoms with Gasteiger partial charge in [0.15, 0.2) is 11.7 Å². The highest BCUT2D eigenvalue weighted by Gasteiger charge is 2.45. The molecule has 0 radical (unpaired) electrons. The predicted octanol–water partition coefficient (Wildman–Crippen LogP) is 3.98. The van der Waals surface area contributed by atoms with Gasteiger partial charge in [-0.3, -0.25) is 9.59 Å². The summed E-state index contributed by atoms with van der Waals surface area (Å²) in [6, 6.07) is 12.2. The molecule has 2 aromatic rings. The van der Waals surface area contributed by atoms with Gasteiger partial charge in [-0.05, 0) is 30.7 Å². The molecule has 0 aromatic heterocycles. The maximum Gasteiger partial charge on any atom is 0.320 e. The third-order valence-electron chi connectivity index (χ3n) is 4.72. The lowest BCUT2D eigenvalue weighted by Crippen LogP contribution is -2.38. The number of carbonyl (C=O) groups excluding carboxylic acids is 2. The van der Waals surface area contributed by atoms with Gasteiger partial charge in [0.05, 0.1) is 26.4 Å². The summed E-state index contributed by atoms with van der Waals surface area (Å²) >= 11 is 0. The second kappa shape index (κ2) is 8.78. The number of rotatable bonds is 7. The van der Waals surface area contributed by atoms with Crippen LogP contribution in [0.4, 0.5) is 0 Å². The second-order valence-corrected chi connectivity index (χ2v) is 6.51. The number of benzene rings is 2. The molecule has 0 bridgehead atoms. The first-order valence-corrected chi connectivity index (χ1v) is 9.29. The van der Waals surface area contributed by atoms with Gasteiger partial charge in [0, 0.05) is 5.56 Å². The molecule has 148 valence electrons. The van der Waals surface area contributed by atoms with E-state index in [2.05, 4.69) is 6.92 Å². The van der Waals surface area contributed by atoms with Crippen LogP contribution in [0.15, 0.2) is 42.5 Å². The van der Waals surface area contributed by atoms with Crippen LogP contribution in [0.2, 0.25) is 0 Å². The van der Waals surface area contributed by atoms with Crippen LogP contribution in [0.5, 0.6) is 17.2 Å². The first kappa shape index (κ1) is 19.7. The van der Waals surface area contributed by atoms with Crippen molar-refractivity contribution in [3.63, 3.8) is 0 Å². The van der Waals surface area contributed by atoms with E-state index in [0.717, 1.165) is 12.8 Å². The molecule has 0 fully saturated rings. The van der Waals surface area contributed by atoms with Crippen LogP contribution in [-0.4, -0.2) is 32.6 Å². The van der Waals surface area contributed by atoms with Crippen molar-refractivity contribution in [2.45, 2.75) is 25.9 Å². The lowest BCUT2D eigenvalue weighted by Gasteiger charge is -2.32. The zero-order valence-electron chi connectivity index (χ0n) is 16.3. The molecule has 1 aliphatic heterocycles. The molecule has 6 nitrogen and oxygen atoms in total. The third kappa shape index (κ3) is 3.81. The Labute approximate surface area is 164 Å². The summed E-state index contributed by atoms with van der Waals surface area (Å²) in [6.45, 7) is 2.64. The summed E-state index contributed by atoms with van der Waals surface area (Å²) in [7, 11) is 2.79. The quantitative estimate of drug-likeness (QED) is 0.409. The van der Waals surface area contributed by atoms with E-state index in [1.165, 1.54) is 14.2 Å². The standard InChI is InChI=1S/C22H24O6/c1-4-5-12-27-14-10-11-18-16(13-14)20(23)19(22(24)26-3)21(28-18)15-8-6-7-9-17(15)25-2/h6-11,13,19,21H,4-5,12H2,1-3H3/t19-,21+/m0/s1. The maximum absolute atomic E-state index is 13.2. The average Bonchev–Trinajstić information content (AvgIpc) is 2.73. The Morgan fingerprint density at radius 3 is 2.64 bits per heavy atom. The number of hydrogen-bond donors (Lipinski definition) is 0. The summed E-state index contributed by atoms with van der Waals surface area (Å²) < 4.78 is 22.1. The van der Waals surface area contributed by atoms with Crippen LogP contribution in [-0.2, 0) is 9.53 Å². The summed E-state index contributed by atoms with van der Waals surface area (Å²) in [4.78, 5) is 25.7. The zero-order chi connectivity index (χ0) is 20.1. The van der Waals surface area contributed by atoms with E-state index in [0.29, 0.717) is 35.0 Å². The molecule has 0 saturated carbocycles. The van der Waals surface area contributed by atoms with Crippen LogP contribution in [0.1, 0.15) is 41.8 Å². The molecule has 0 amide bonds. The van der Waals surface area contributed by atoms with E-state index in [-0.39, 0.29) is 5.78 Å². The van der Waals surface area contributed by atoms with Crippen LogP contribution in [0.25, 0.3) is 0 Å². The zero-order valence-corrected chi connectivity index (χ0v) is 16.3. The first-order chi connectivity index (χ1) is 13.6. The largest absolute Gasteiger partial charge is 0.496 e. The number of Topliss-reactive ketones (excluding diaryl/α,β-unsaturated/α-hetero) is 1. The Kier molecular flexibility index (Phi) is 6.19. The van der Waals surface area contributed by atoms with Gasteiger partial charge in [0.2, 0.25) is 0 Å². The Balaban J connectivity index is 2.00. The highest BCUT2D eigenvalue weighted by atomic mass is 16.5. The number of carbonyl (C=O) groups is 2. The molecule has 6 heteroatoms. The molecular weight excluding hydrogens is 360 g/mol. The summed E-state index contributed by atoms with van der Waals surface area (Å²) in [6.07, 6.45) is 1.09. The second-order valence-electron chi connectivity index (χ2n) is 6.51. The molecule has 28 heavy (non-hydrogen) atoms. The molecule has 1 heterocycles. The molecular formula is C22H24O6. The van der Waals surface area contributed by atoms with Gasteiger partial charge in [-0.15, -0.1) is 0 Å². The lowest BCUT2D eigenvalue weighted by atomic mass is 9.85. The van der Waals surface area contributed by atoms with Crippen molar-refractivity contribution >= 4 is 11.8 Å². The number of esters is 1. The van der Waals surface area contributed by atoms with Gasteiger partial charge < -0.3 is 18.9 Å². The number of para-hydroxylation sites is 1. The molecule has 0 saturated heterocycles. The minimum atomic E-state index is -1.13. The van der Waals surface area contributed by atoms with Gasteiger partial charge in [-0.2, -0.15) is 0 Å². The monoisotopic (exact) mass is 384 g/mol. The van der Waals surface area contributed by atoms with Crippen molar-refractivity contribution in [2.75, 3.05) is 20.8 Å². The van der Waals surface area contributed by atoms with Crippen LogP contribution in [0.3, 0.4) is 0 Å². The molecule has 0 unspecified atom stereocenters. The van der Waals surface area contributed by atoms with Crippen molar-refractivity contribution in [1.29, 1.82) is 0 Å². The molecule has 2 atom stereocenters. The normalized spacial score (nSPS) is 18.0. The number of methoxy groups -OCH3 is 2. The Morgan fingerprint density at radius 1 is 1.14 bits per heavy atom. The molecule has 2 aromatic carbocycles. The smallest absolute Gasteiger partial charge is 0.320 e. The van der Waals surface area contributed by atoms with Crippen molar-refractivity contribution in [2.24, 2.45) is 5.92 Å². The predicted molar refractivity (Wildman–Crippen MR) is 103 cm³/mol. The number of unbranched alkanes of at least 4 members (excludes halogenated alkanes) is 1. The van der Waals surface area contributed by atoms with Gasteiger partial charge in [-0.1, -0.05) is 31.5 Å². The van der Waals surface area contributed by atoms with E-state index in [4.69, 9.17) is 18.9 Å². The summed E-state index contributed by atoms with van der Waals surface area (Å²) in [5.41, 5.74) is 0.929. The van der Waals surface area contributed by atoms with Crippen molar-refractivity contribution < 1.29 is 28.5 Å². The fourth-order valence-corrected chi connectivity index (χ4v) is 3.24. The van der Waals surface area contributed by atoms with Gasteiger partial charge in [0.1, 0.15) is 23.4 Å². The van der Waals surface area contributed by atoms with Crippen molar-refractivity contribution in [3.8, 4) is 17.2 Å². The van der Waals surface area contributed by atoms with E-state index in [1.54, 1.807) is 36.4 Å². The summed E-state index contributed by atoms with van der Waals surface area (Å²) in [5.74, 6) is -0.613. The van der Waals surface area contributed by atoms with Crippen LogP contribution < -0.4 is 14.2 Å². The van der Waals surface area contributed by atoms with E-state index < -0.39 is 18.0 Å². The number of ether oxygens (including phenoxy) is 4. The first-order valence-electron chi connectivity index (χ1n) is 9.29. The minimum absolute atomic E-state index is 0.315. The Morgan fingerprint density at radius 2 is 1.93 bits per heavy atom. The van der Waals surface area contributed by atoms with E-state index in [9.17, 15) is 9.59 Å². The van der Waals surface area contributed by atoms with Crippen molar-refractivity contribution in [1.82, 2.24) is 0 Å². The molecule has 1 aliphatic rings. The minimum Gasteiger partial charge on any atom is -0.496 e. The molecule has 0 N–H and O–H groups in total. The number of fused-ring (bicyclic) bond motifs is 1. The van der Waals surface area contributed by atoms with Gasteiger partial charge >= 0.3 is 5.97 Å². The maximum atomic E-state index is 13.2. The van der Waals surface area contributed by atoms with Crippen LogP contribution in [0, 0.1) is 5.92 Å². The van der Waals surface area contributed by atoms with E-state index in [1.807, 2.05) is 6.07 Å². The average molecular weight is 384 g/mol. The Bertz CT molecular complexity index is 860. The fraction of sp³-hybridized carbons (Fsp3) is 0.364. The Hall–Kier alpha value is -3.02. The lowest BCUT2D eigenvalue weighted by molar-refractivity contribution is -0.147. The van der Waals surface area contributed by atoms with Crippen LogP contribution >= 0.6 is 0 Å². The molecule has 3 rings (SSSR count). The fourth-order valence-electron chi connectivity index (χ4n) is 3.24. The highest BCUT2D eigenvalue weighted by molar-refractivity contribution is 6.11. The van der Waals surface area contributed by atoms with Gasteiger partial charge in [-0.25, -0.2) is 0 Å². The molecule has 0 aliphatic carbocycles. The third-order valence-corrected chi connectivity index (χ3v) is 4.72. The highest BCUT2D eigenvalue weighted by Crippen LogP contribution is 2.43. The van der Waals surface area contributed by atoms with Crippen molar-refractivity contribution in [3.05, 3.63) is 53.6 Å². The number of hydrogen-bond acceptors (Lipinski definition) is 6. The van der Waals surface area contributed by atoms with E-state index >= 15 is 0 Å². The molecule has 0 spiro atoms. The number of ketones is 1. The summed E-state index contributed by atoms with van der Waals surface area (Å²) in [5, 5.41) is 0. The topological polar surface area (TPSA) is 71.1 Å². The SMILES string of the molecule is CCCCOc1ccc2c(c1)C(=O)[C@H](C(=O)OC)[C@@H](c1ccccc1OC)O2.